The molecule has 1 heterocycles. The fourth-order valence-electron chi connectivity index (χ4n) is 2.10. The molecule has 0 saturated heterocycles. The molecular formula is C16H14ClFN4O2. The van der Waals surface area contributed by atoms with E-state index in [0.29, 0.717) is 5.56 Å². The van der Waals surface area contributed by atoms with E-state index in [1.54, 1.807) is 19.9 Å². The molecule has 0 aliphatic heterocycles. The lowest BCUT2D eigenvalue weighted by Crippen LogP contribution is -2.38. The molecule has 2 N–H and O–H groups in total. The summed E-state index contributed by atoms with van der Waals surface area (Å²) in [5.74, 6) is -3.47. The number of amides is 1. The van der Waals surface area contributed by atoms with E-state index in [1.807, 2.05) is 0 Å². The van der Waals surface area contributed by atoms with Crippen LogP contribution in [-0.2, 0) is 4.79 Å². The summed E-state index contributed by atoms with van der Waals surface area (Å²) in [7, 11) is 0. The third kappa shape index (κ3) is 3.60. The van der Waals surface area contributed by atoms with Crippen molar-refractivity contribution in [3.8, 4) is 17.3 Å². The molecule has 1 aromatic carbocycles. The van der Waals surface area contributed by atoms with Gasteiger partial charge in [0, 0.05) is 11.6 Å². The number of hydrogen-bond acceptors (Lipinski definition) is 4. The van der Waals surface area contributed by atoms with Gasteiger partial charge < -0.3 is 5.32 Å². The number of halogens is 2. The van der Waals surface area contributed by atoms with Gasteiger partial charge in [-0.15, -0.1) is 0 Å². The molecule has 0 fully saturated rings. The molecule has 8 heteroatoms. The Morgan fingerprint density at radius 3 is 2.71 bits per heavy atom. The van der Waals surface area contributed by atoms with Crippen molar-refractivity contribution in [3.05, 3.63) is 40.8 Å². The summed E-state index contributed by atoms with van der Waals surface area (Å²) in [4.78, 5) is 24.6. The summed E-state index contributed by atoms with van der Waals surface area (Å²) in [5, 5.41) is 18.0. The largest absolute Gasteiger partial charge is 0.352 e. The fourth-order valence-corrected chi connectivity index (χ4v) is 2.28. The molecule has 0 aliphatic rings. The summed E-state index contributed by atoms with van der Waals surface area (Å²) >= 11 is 5.75. The van der Waals surface area contributed by atoms with Crippen LogP contribution in [0.2, 0.25) is 5.02 Å². The summed E-state index contributed by atoms with van der Waals surface area (Å²) in [6.07, 6.45) is 1.22. The topological polar surface area (TPSA) is 98.6 Å². The monoisotopic (exact) mass is 348 g/mol. The van der Waals surface area contributed by atoms with E-state index in [2.05, 4.69) is 15.5 Å². The number of nitrogens with one attached hydrogen (secondary N) is 2. The van der Waals surface area contributed by atoms with Crippen molar-refractivity contribution in [2.45, 2.75) is 19.9 Å². The fraction of sp³-hybridized carbons (Fsp3) is 0.250. The second kappa shape index (κ2) is 7.23. The van der Waals surface area contributed by atoms with Gasteiger partial charge in [-0.3, -0.25) is 14.7 Å². The van der Waals surface area contributed by atoms with Crippen molar-refractivity contribution in [2.75, 3.05) is 0 Å². The Hall–Kier alpha value is -2.72. The van der Waals surface area contributed by atoms with Crippen molar-refractivity contribution in [3.63, 3.8) is 0 Å². The molecule has 2 rings (SSSR count). The molecule has 1 atom stereocenters. The van der Waals surface area contributed by atoms with Gasteiger partial charge in [-0.25, -0.2) is 4.39 Å². The van der Waals surface area contributed by atoms with Crippen LogP contribution < -0.4 is 5.32 Å². The number of nitriles is 1. The average molecular weight is 349 g/mol. The van der Waals surface area contributed by atoms with Crippen LogP contribution in [0.25, 0.3) is 11.3 Å². The van der Waals surface area contributed by atoms with Crippen molar-refractivity contribution in [2.24, 2.45) is 5.92 Å². The Labute approximate surface area is 142 Å². The highest BCUT2D eigenvalue weighted by molar-refractivity contribution is 6.31. The zero-order valence-corrected chi connectivity index (χ0v) is 13.7. The maximum Gasteiger partial charge on any atom is 0.245 e. The number of aromatic amines is 1. The van der Waals surface area contributed by atoms with Gasteiger partial charge >= 0.3 is 0 Å². The Morgan fingerprint density at radius 2 is 2.12 bits per heavy atom. The van der Waals surface area contributed by atoms with Crippen LogP contribution in [0.3, 0.4) is 0 Å². The predicted octanol–water partition coefficient (Wildman–Crippen LogP) is 2.72. The average Bonchev–Trinajstić information content (AvgIpc) is 2.99. The molecule has 2 aromatic rings. The summed E-state index contributed by atoms with van der Waals surface area (Å²) in [5.41, 5.74) is 0.742. The number of ketones is 1. The molecule has 1 aromatic heterocycles. The first kappa shape index (κ1) is 17.6. The van der Waals surface area contributed by atoms with Gasteiger partial charge in [-0.05, 0) is 32.0 Å². The van der Waals surface area contributed by atoms with Crippen molar-refractivity contribution < 1.29 is 14.0 Å². The summed E-state index contributed by atoms with van der Waals surface area (Å²) in [6.45, 7) is 3.45. The highest BCUT2D eigenvalue weighted by Crippen LogP contribution is 2.27. The molecule has 6 nitrogen and oxygen atoms in total. The SMILES string of the molecule is CC(C)NC(=O)[C@@H](C#N)C(=O)c1cn[nH]c1-c1ccc(F)c(Cl)c1. The van der Waals surface area contributed by atoms with Crippen molar-refractivity contribution >= 4 is 23.3 Å². The van der Waals surface area contributed by atoms with Gasteiger partial charge in [0.1, 0.15) is 5.82 Å². The van der Waals surface area contributed by atoms with Crippen LogP contribution >= 0.6 is 11.6 Å². The molecule has 0 aliphatic carbocycles. The van der Waals surface area contributed by atoms with Crippen molar-refractivity contribution in [1.82, 2.24) is 15.5 Å². The number of H-pyrrole nitrogens is 1. The van der Waals surface area contributed by atoms with Crippen LogP contribution in [0, 0.1) is 23.1 Å². The van der Waals surface area contributed by atoms with E-state index in [-0.39, 0.29) is 22.3 Å². The third-order valence-electron chi connectivity index (χ3n) is 3.20. The lowest BCUT2D eigenvalue weighted by molar-refractivity contribution is -0.122. The number of benzene rings is 1. The van der Waals surface area contributed by atoms with E-state index >= 15 is 0 Å². The smallest absolute Gasteiger partial charge is 0.245 e. The standard InChI is InChI=1S/C16H14ClFN4O2/c1-8(2)21-16(24)10(6-19)15(23)11-7-20-22-14(11)9-3-4-13(18)12(17)5-9/h3-5,7-8,10H,1-2H3,(H,20,22)(H,21,24)/t10-/m0/s1. The summed E-state index contributed by atoms with van der Waals surface area (Å²) < 4.78 is 13.3. The van der Waals surface area contributed by atoms with Gasteiger partial charge in [0.15, 0.2) is 11.7 Å². The minimum atomic E-state index is -1.50. The molecule has 0 saturated carbocycles. The lowest BCUT2D eigenvalue weighted by atomic mass is 9.96. The first-order valence-corrected chi connectivity index (χ1v) is 7.46. The Bertz CT molecular complexity index is 826. The Kier molecular flexibility index (Phi) is 5.31. The Balaban J connectivity index is 2.38. The number of carbonyl (C=O) groups excluding carboxylic acids is 2. The van der Waals surface area contributed by atoms with E-state index < -0.39 is 23.4 Å². The number of hydrogen-bond donors (Lipinski definition) is 2. The second-order valence-electron chi connectivity index (χ2n) is 5.38. The molecule has 0 bridgehead atoms. The molecule has 0 unspecified atom stereocenters. The summed E-state index contributed by atoms with van der Waals surface area (Å²) in [6, 6.07) is 5.40. The normalized spacial score (nSPS) is 11.8. The van der Waals surface area contributed by atoms with Gasteiger partial charge in [0.05, 0.1) is 28.5 Å². The van der Waals surface area contributed by atoms with Crippen LogP contribution in [0.5, 0.6) is 0 Å². The van der Waals surface area contributed by atoms with Gasteiger partial charge in [-0.2, -0.15) is 10.4 Å². The molecule has 0 spiro atoms. The van der Waals surface area contributed by atoms with Crippen LogP contribution in [-0.4, -0.2) is 27.9 Å². The van der Waals surface area contributed by atoms with E-state index in [1.165, 1.54) is 18.3 Å². The Morgan fingerprint density at radius 1 is 1.42 bits per heavy atom. The predicted molar refractivity (Wildman–Crippen MR) is 85.7 cm³/mol. The zero-order valence-electron chi connectivity index (χ0n) is 12.9. The first-order valence-electron chi connectivity index (χ1n) is 7.08. The molecule has 1 amide bonds. The lowest BCUT2D eigenvalue weighted by Gasteiger charge is -2.12. The molecule has 124 valence electrons. The number of carbonyl (C=O) groups is 2. The second-order valence-corrected chi connectivity index (χ2v) is 5.78. The van der Waals surface area contributed by atoms with Gasteiger partial charge in [-0.1, -0.05) is 11.6 Å². The molecule has 0 radical (unpaired) electrons. The highest BCUT2D eigenvalue weighted by atomic mass is 35.5. The van der Waals surface area contributed by atoms with Crippen LogP contribution in [0.1, 0.15) is 24.2 Å². The molecule has 24 heavy (non-hydrogen) atoms. The number of rotatable bonds is 5. The van der Waals surface area contributed by atoms with Gasteiger partial charge in [0.2, 0.25) is 5.91 Å². The number of nitrogens with zero attached hydrogens (tertiary/aromatic N) is 2. The first-order chi connectivity index (χ1) is 11.3. The highest BCUT2D eigenvalue weighted by Gasteiger charge is 2.30. The van der Waals surface area contributed by atoms with Gasteiger partial charge in [0.25, 0.3) is 0 Å². The number of aromatic nitrogens is 2. The van der Waals surface area contributed by atoms with E-state index in [4.69, 9.17) is 11.6 Å². The quantitative estimate of drug-likeness (QED) is 0.641. The minimum Gasteiger partial charge on any atom is -0.352 e. The van der Waals surface area contributed by atoms with Crippen molar-refractivity contribution in [1.29, 1.82) is 5.26 Å². The molecular weight excluding hydrogens is 335 g/mol. The zero-order chi connectivity index (χ0) is 17.9. The maximum atomic E-state index is 13.3. The maximum absolute atomic E-state index is 13.3. The van der Waals surface area contributed by atoms with E-state index in [9.17, 15) is 19.2 Å². The third-order valence-corrected chi connectivity index (χ3v) is 3.49. The van der Waals surface area contributed by atoms with E-state index in [0.717, 1.165) is 6.07 Å². The van der Waals surface area contributed by atoms with Crippen LogP contribution in [0.15, 0.2) is 24.4 Å². The van der Waals surface area contributed by atoms with Crippen LogP contribution in [0.4, 0.5) is 4.39 Å². The minimum absolute atomic E-state index is 0.0585. The number of Topliss-reactive ketones (excluding diaryl/α,β-unsaturated/α-hetero) is 1.